The van der Waals surface area contributed by atoms with E-state index in [9.17, 15) is 4.79 Å². The summed E-state index contributed by atoms with van der Waals surface area (Å²) >= 11 is 0. The van der Waals surface area contributed by atoms with Gasteiger partial charge in [0.05, 0.1) is 0 Å². The molecule has 2 aliphatic carbocycles. The highest BCUT2D eigenvalue weighted by Gasteiger charge is 2.57. The van der Waals surface area contributed by atoms with Gasteiger partial charge in [0.1, 0.15) is 5.78 Å². The lowest BCUT2D eigenvalue weighted by atomic mass is 9.98. The SMILES string of the molecule is O=C1CCC2(C1)CC2c1ccccc1. The Balaban J connectivity index is 1.83. The van der Waals surface area contributed by atoms with Gasteiger partial charge in [0, 0.05) is 12.8 Å². The molecule has 14 heavy (non-hydrogen) atoms. The molecular formula is C13H14O. The first kappa shape index (κ1) is 8.22. The molecule has 3 rings (SSSR count). The Kier molecular flexibility index (Phi) is 1.58. The Morgan fingerprint density at radius 1 is 1.21 bits per heavy atom. The Morgan fingerprint density at radius 2 is 2.00 bits per heavy atom. The summed E-state index contributed by atoms with van der Waals surface area (Å²) in [6, 6.07) is 10.6. The highest BCUT2D eigenvalue weighted by molar-refractivity contribution is 5.82. The van der Waals surface area contributed by atoms with Crippen LogP contribution in [0.5, 0.6) is 0 Å². The van der Waals surface area contributed by atoms with Crippen LogP contribution in [-0.4, -0.2) is 5.78 Å². The number of benzene rings is 1. The molecule has 1 heteroatoms. The van der Waals surface area contributed by atoms with Crippen molar-refractivity contribution in [1.82, 2.24) is 0 Å². The third-order valence-corrected chi connectivity index (χ3v) is 3.84. The lowest BCUT2D eigenvalue weighted by Crippen LogP contribution is -1.97. The second-order valence-electron chi connectivity index (χ2n) is 4.75. The molecule has 0 heterocycles. The second-order valence-corrected chi connectivity index (χ2v) is 4.75. The van der Waals surface area contributed by atoms with Crippen LogP contribution in [0, 0.1) is 5.41 Å². The Labute approximate surface area is 84.1 Å². The molecule has 1 aromatic rings. The molecule has 0 N–H and O–H groups in total. The topological polar surface area (TPSA) is 17.1 Å². The van der Waals surface area contributed by atoms with Crippen LogP contribution in [0.15, 0.2) is 30.3 Å². The number of rotatable bonds is 1. The summed E-state index contributed by atoms with van der Waals surface area (Å²) in [6.07, 6.45) is 4.03. The lowest BCUT2D eigenvalue weighted by Gasteiger charge is -2.06. The van der Waals surface area contributed by atoms with Gasteiger partial charge in [-0.15, -0.1) is 0 Å². The van der Waals surface area contributed by atoms with Crippen LogP contribution < -0.4 is 0 Å². The lowest BCUT2D eigenvalue weighted by molar-refractivity contribution is -0.117. The van der Waals surface area contributed by atoms with Crippen molar-refractivity contribution < 1.29 is 4.79 Å². The molecule has 0 aromatic heterocycles. The van der Waals surface area contributed by atoms with Crippen LogP contribution in [0.4, 0.5) is 0 Å². The van der Waals surface area contributed by atoms with E-state index < -0.39 is 0 Å². The molecular weight excluding hydrogens is 172 g/mol. The minimum absolute atomic E-state index is 0.387. The average Bonchev–Trinajstić information content (AvgIpc) is 2.78. The molecule has 0 saturated heterocycles. The zero-order chi connectivity index (χ0) is 9.60. The fourth-order valence-electron chi connectivity index (χ4n) is 2.93. The molecule has 1 nitrogen and oxygen atoms in total. The highest BCUT2D eigenvalue weighted by Crippen LogP contribution is 2.66. The van der Waals surface area contributed by atoms with E-state index in [0.717, 1.165) is 19.3 Å². The van der Waals surface area contributed by atoms with Crippen molar-refractivity contribution in [3.63, 3.8) is 0 Å². The van der Waals surface area contributed by atoms with Crippen molar-refractivity contribution in [2.75, 3.05) is 0 Å². The molecule has 2 saturated carbocycles. The second kappa shape index (κ2) is 2.69. The zero-order valence-electron chi connectivity index (χ0n) is 8.20. The minimum atomic E-state index is 0.387. The van der Waals surface area contributed by atoms with Gasteiger partial charge in [0.2, 0.25) is 0 Å². The van der Waals surface area contributed by atoms with Crippen LogP contribution >= 0.6 is 0 Å². The fraction of sp³-hybridized carbons (Fsp3) is 0.462. The van der Waals surface area contributed by atoms with Gasteiger partial charge in [-0.25, -0.2) is 0 Å². The van der Waals surface area contributed by atoms with Gasteiger partial charge in [0.25, 0.3) is 0 Å². The summed E-state index contributed by atoms with van der Waals surface area (Å²) in [4.78, 5) is 11.3. The van der Waals surface area contributed by atoms with E-state index in [2.05, 4.69) is 30.3 Å². The van der Waals surface area contributed by atoms with E-state index in [1.54, 1.807) is 0 Å². The van der Waals surface area contributed by atoms with E-state index in [1.165, 1.54) is 12.0 Å². The highest BCUT2D eigenvalue weighted by atomic mass is 16.1. The van der Waals surface area contributed by atoms with Crippen molar-refractivity contribution in [3.05, 3.63) is 35.9 Å². The van der Waals surface area contributed by atoms with Crippen molar-refractivity contribution >= 4 is 5.78 Å². The predicted octanol–water partition coefficient (Wildman–Crippen LogP) is 2.91. The van der Waals surface area contributed by atoms with Crippen molar-refractivity contribution in [2.24, 2.45) is 5.41 Å². The first-order chi connectivity index (χ1) is 6.80. The number of carbonyl (C=O) groups excluding carboxylic acids is 1. The molecule has 72 valence electrons. The number of carbonyl (C=O) groups is 1. The van der Waals surface area contributed by atoms with Gasteiger partial charge in [-0.3, -0.25) is 4.79 Å². The summed E-state index contributed by atoms with van der Waals surface area (Å²) in [5.41, 5.74) is 1.82. The van der Waals surface area contributed by atoms with E-state index in [1.807, 2.05) is 0 Å². The van der Waals surface area contributed by atoms with Crippen LogP contribution in [0.2, 0.25) is 0 Å². The van der Waals surface area contributed by atoms with Gasteiger partial charge >= 0.3 is 0 Å². The van der Waals surface area contributed by atoms with Gasteiger partial charge in [-0.1, -0.05) is 30.3 Å². The Morgan fingerprint density at radius 3 is 2.64 bits per heavy atom. The van der Waals surface area contributed by atoms with Gasteiger partial charge in [-0.2, -0.15) is 0 Å². The van der Waals surface area contributed by atoms with Gasteiger partial charge in [0.15, 0.2) is 0 Å². The van der Waals surface area contributed by atoms with E-state index in [0.29, 0.717) is 17.1 Å². The molecule has 0 amide bonds. The summed E-state index contributed by atoms with van der Waals surface area (Å²) in [5.74, 6) is 1.15. The molecule has 1 aromatic carbocycles. The van der Waals surface area contributed by atoms with Crippen LogP contribution in [0.1, 0.15) is 37.2 Å². The summed E-state index contributed by atoms with van der Waals surface area (Å²) in [7, 11) is 0. The van der Waals surface area contributed by atoms with E-state index in [-0.39, 0.29) is 0 Å². The summed E-state index contributed by atoms with van der Waals surface area (Å²) in [6.45, 7) is 0. The minimum Gasteiger partial charge on any atom is -0.300 e. The number of hydrogen-bond donors (Lipinski definition) is 0. The number of ketones is 1. The number of hydrogen-bond acceptors (Lipinski definition) is 1. The third kappa shape index (κ3) is 1.12. The molecule has 0 radical (unpaired) electrons. The monoisotopic (exact) mass is 186 g/mol. The summed E-state index contributed by atoms with van der Waals surface area (Å²) in [5, 5.41) is 0. The van der Waals surface area contributed by atoms with Crippen LogP contribution in [-0.2, 0) is 4.79 Å². The molecule has 0 aliphatic heterocycles. The quantitative estimate of drug-likeness (QED) is 0.659. The first-order valence-electron chi connectivity index (χ1n) is 5.37. The molecule has 1 spiro atoms. The summed E-state index contributed by atoms with van der Waals surface area (Å²) < 4.78 is 0. The van der Waals surface area contributed by atoms with Crippen LogP contribution in [0.3, 0.4) is 0 Å². The van der Waals surface area contributed by atoms with Crippen molar-refractivity contribution in [1.29, 1.82) is 0 Å². The normalized spacial score (nSPS) is 35.1. The average molecular weight is 186 g/mol. The van der Waals surface area contributed by atoms with Gasteiger partial charge < -0.3 is 0 Å². The Bertz CT molecular complexity index is 368. The first-order valence-corrected chi connectivity index (χ1v) is 5.37. The smallest absolute Gasteiger partial charge is 0.133 e. The molecule has 2 fully saturated rings. The Hall–Kier alpha value is -1.11. The van der Waals surface area contributed by atoms with Crippen LogP contribution in [0.25, 0.3) is 0 Å². The fourth-order valence-corrected chi connectivity index (χ4v) is 2.93. The third-order valence-electron chi connectivity index (χ3n) is 3.84. The van der Waals surface area contributed by atoms with Crippen molar-refractivity contribution in [3.8, 4) is 0 Å². The molecule has 2 aliphatic rings. The van der Waals surface area contributed by atoms with E-state index >= 15 is 0 Å². The molecule has 2 unspecified atom stereocenters. The molecule has 0 bridgehead atoms. The maximum Gasteiger partial charge on any atom is 0.133 e. The standard InChI is InChI=1S/C13H14O/c14-11-6-7-13(8-11)9-12(13)10-4-2-1-3-5-10/h1-5,12H,6-9H2. The number of Topliss-reactive ketones (excluding diaryl/α,β-unsaturated/α-hetero) is 1. The predicted molar refractivity (Wildman–Crippen MR) is 55.1 cm³/mol. The van der Waals surface area contributed by atoms with Crippen molar-refractivity contribution in [2.45, 2.75) is 31.6 Å². The van der Waals surface area contributed by atoms with Gasteiger partial charge in [-0.05, 0) is 29.7 Å². The zero-order valence-corrected chi connectivity index (χ0v) is 8.20. The maximum absolute atomic E-state index is 11.3. The largest absolute Gasteiger partial charge is 0.300 e. The van der Waals surface area contributed by atoms with E-state index in [4.69, 9.17) is 0 Å². The molecule has 2 atom stereocenters. The maximum atomic E-state index is 11.3.